The molecule has 0 radical (unpaired) electrons. The van der Waals surface area contributed by atoms with Crippen LogP contribution >= 0.6 is 11.6 Å². The molecule has 1 amide bonds. The van der Waals surface area contributed by atoms with Gasteiger partial charge in [-0.1, -0.05) is 0 Å². The number of carbonyl (C=O) groups excluding carboxylic acids is 1. The average molecular weight is 445 g/mol. The minimum atomic E-state index is -0.104. The number of nitrogens with one attached hydrogen (secondary N) is 1. The fourth-order valence-electron chi connectivity index (χ4n) is 3.94. The first kappa shape index (κ1) is 21.7. The second-order valence-corrected chi connectivity index (χ2v) is 8.76. The molecule has 1 N–H and O–H groups in total. The van der Waals surface area contributed by atoms with Gasteiger partial charge >= 0.3 is 0 Å². The van der Waals surface area contributed by atoms with E-state index in [1.807, 2.05) is 12.1 Å². The fraction of sp³-hybridized carbons (Fsp3) is 0.522. The van der Waals surface area contributed by atoms with E-state index in [-0.39, 0.29) is 17.2 Å². The molecule has 1 unspecified atom stereocenters. The molecule has 31 heavy (non-hydrogen) atoms. The molecule has 2 heterocycles. The van der Waals surface area contributed by atoms with E-state index in [2.05, 4.69) is 27.1 Å². The van der Waals surface area contributed by atoms with Crippen molar-refractivity contribution in [3.8, 4) is 11.5 Å². The number of carbonyl (C=O) groups is 1. The molecular weight excluding hydrogens is 416 g/mol. The number of benzene rings is 1. The zero-order valence-electron chi connectivity index (χ0n) is 18.0. The lowest BCUT2D eigenvalue weighted by Gasteiger charge is -2.35. The number of halogens is 1. The Balaban J connectivity index is 1.33. The van der Waals surface area contributed by atoms with Crippen molar-refractivity contribution in [1.29, 1.82) is 0 Å². The number of hydrogen-bond donors (Lipinski definition) is 1. The molecule has 7 nitrogen and oxygen atoms in total. The Morgan fingerprint density at radius 1 is 1.23 bits per heavy atom. The van der Waals surface area contributed by atoms with Gasteiger partial charge in [0.25, 0.3) is 5.91 Å². The van der Waals surface area contributed by atoms with E-state index in [1.54, 1.807) is 25.4 Å². The van der Waals surface area contributed by atoms with Gasteiger partial charge in [0.15, 0.2) is 0 Å². The summed E-state index contributed by atoms with van der Waals surface area (Å²) >= 11 is 5.92. The van der Waals surface area contributed by atoms with Gasteiger partial charge in [0.1, 0.15) is 17.3 Å². The molecule has 1 saturated heterocycles. The molecule has 8 heteroatoms. The van der Waals surface area contributed by atoms with Crippen LogP contribution in [0.1, 0.15) is 43.0 Å². The van der Waals surface area contributed by atoms with Crippen LogP contribution in [0.2, 0.25) is 5.28 Å². The van der Waals surface area contributed by atoms with Crippen LogP contribution in [0.5, 0.6) is 11.5 Å². The molecule has 2 aromatic rings. The lowest BCUT2D eigenvalue weighted by Crippen LogP contribution is -2.44. The fourth-order valence-corrected chi connectivity index (χ4v) is 4.08. The standard InChI is InChI=1S/C23H29ClN4O3/c1-15(17-6-9-28(10-7-17)21-5-8-25-23(24)27-21)26-22(29)18-11-19(30-2)13-20(12-18)31-14-16-3-4-16/h5,8,11-13,15-17H,3-4,6-7,9-10,14H2,1-2H3,(H,26,29). The zero-order valence-corrected chi connectivity index (χ0v) is 18.8. The molecule has 1 aromatic carbocycles. The summed E-state index contributed by atoms with van der Waals surface area (Å²) in [6.45, 7) is 4.51. The third kappa shape index (κ3) is 5.79. The second kappa shape index (κ2) is 9.73. The van der Waals surface area contributed by atoms with Gasteiger partial charge in [0.05, 0.1) is 13.7 Å². The van der Waals surface area contributed by atoms with Gasteiger partial charge in [-0.25, -0.2) is 9.97 Å². The number of hydrogen-bond acceptors (Lipinski definition) is 6. The predicted molar refractivity (Wildman–Crippen MR) is 120 cm³/mol. The summed E-state index contributed by atoms with van der Waals surface area (Å²) in [7, 11) is 1.60. The molecule has 1 saturated carbocycles. The largest absolute Gasteiger partial charge is 0.497 e. The number of aromatic nitrogens is 2. The highest BCUT2D eigenvalue weighted by Gasteiger charge is 2.26. The minimum absolute atomic E-state index is 0.0608. The highest BCUT2D eigenvalue weighted by atomic mass is 35.5. The molecule has 4 rings (SSSR count). The van der Waals surface area contributed by atoms with Crippen molar-refractivity contribution in [3.05, 3.63) is 41.3 Å². The number of nitrogens with zero attached hydrogens (tertiary/aromatic N) is 3. The molecule has 1 aliphatic carbocycles. The highest BCUT2D eigenvalue weighted by molar-refractivity contribution is 6.28. The lowest BCUT2D eigenvalue weighted by molar-refractivity contribution is 0.0921. The van der Waals surface area contributed by atoms with Crippen molar-refractivity contribution in [1.82, 2.24) is 15.3 Å². The van der Waals surface area contributed by atoms with E-state index < -0.39 is 0 Å². The van der Waals surface area contributed by atoms with Crippen LogP contribution in [-0.2, 0) is 0 Å². The average Bonchev–Trinajstić information content (AvgIpc) is 3.62. The van der Waals surface area contributed by atoms with Crippen LogP contribution in [-0.4, -0.2) is 48.7 Å². The molecule has 1 aliphatic heterocycles. The van der Waals surface area contributed by atoms with E-state index in [0.717, 1.165) is 31.7 Å². The first-order valence-corrected chi connectivity index (χ1v) is 11.3. The number of amides is 1. The number of rotatable bonds is 8. The van der Waals surface area contributed by atoms with Gasteiger partial charge in [0, 0.05) is 37.0 Å². The summed E-state index contributed by atoms with van der Waals surface area (Å²) in [6.07, 6.45) is 6.06. The second-order valence-electron chi connectivity index (χ2n) is 8.42. The van der Waals surface area contributed by atoms with Crippen LogP contribution in [0.4, 0.5) is 5.82 Å². The van der Waals surface area contributed by atoms with Crippen LogP contribution in [0.3, 0.4) is 0 Å². The van der Waals surface area contributed by atoms with Gasteiger partial charge < -0.3 is 19.7 Å². The first-order valence-electron chi connectivity index (χ1n) is 10.9. The molecule has 166 valence electrons. The number of piperidine rings is 1. The van der Waals surface area contributed by atoms with Crippen LogP contribution in [0, 0.1) is 11.8 Å². The quantitative estimate of drug-likeness (QED) is 0.621. The van der Waals surface area contributed by atoms with Crippen molar-refractivity contribution in [3.63, 3.8) is 0 Å². The highest BCUT2D eigenvalue weighted by Crippen LogP contribution is 2.31. The van der Waals surface area contributed by atoms with Crippen molar-refractivity contribution in [2.75, 3.05) is 31.7 Å². The lowest BCUT2D eigenvalue weighted by atomic mass is 9.90. The molecule has 1 atom stereocenters. The zero-order chi connectivity index (χ0) is 21.8. The molecule has 2 fully saturated rings. The van der Waals surface area contributed by atoms with Crippen molar-refractivity contribution in [2.24, 2.45) is 11.8 Å². The van der Waals surface area contributed by atoms with Gasteiger partial charge in [-0.15, -0.1) is 0 Å². The van der Waals surface area contributed by atoms with E-state index in [1.165, 1.54) is 12.8 Å². The summed E-state index contributed by atoms with van der Waals surface area (Å²) in [5.74, 6) is 3.10. The molecule has 2 aliphatic rings. The maximum atomic E-state index is 12.9. The van der Waals surface area contributed by atoms with Gasteiger partial charge in [-0.2, -0.15) is 0 Å². The topological polar surface area (TPSA) is 76.6 Å². The summed E-state index contributed by atoms with van der Waals surface area (Å²) in [5, 5.41) is 3.43. The van der Waals surface area contributed by atoms with Crippen LogP contribution < -0.4 is 19.7 Å². The Bertz CT molecular complexity index is 913. The normalized spacial score (nSPS) is 17.8. The van der Waals surface area contributed by atoms with Crippen molar-refractivity contribution < 1.29 is 14.3 Å². The smallest absolute Gasteiger partial charge is 0.251 e. The molecular formula is C23H29ClN4O3. The summed E-state index contributed by atoms with van der Waals surface area (Å²) in [5.41, 5.74) is 0.560. The Kier molecular flexibility index (Phi) is 6.80. The number of anilines is 1. The first-order chi connectivity index (χ1) is 15.0. The van der Waals surface area contributed by atoms with Crippen molar-refractivity contribution >= 4 is 23.3 Å². The van der Waals surface area contributed by atoms with Crippen LogP contribution in [0.15, 0.2) is 30.5 Å². The summed E-state index contributed by atoms with van der Waals surface area (Å²) in [6, 6.07) is 7.33. The monoisotopic (exact) mass is 444 g/mol. The minimum Gasteiger partial charge on any atom is -0.497 e. The van der Waals surface area contributed by atoms with Crippen molar-refractivity contribution in [2.45, 2.75) is 38.6 Å². The summed E-state index contributed by atoms with van der Waals surface area (Å²) in [4.78, 5) is 23.4. The van der Waals surface area contributed by atoms with Gasteiger partial charge in [-0.3, -0.25) is 4.79 Å². The Morgan fingerprint density at radius 3 is 2.65 bits per heavy atom. The Labute approximate surface area is 188 Å². The van der Waals surface area contributed by atoms with E-state index in [0.29, 0.717) is 35.5 Å². The number of methoxy groups -OCH3 is 1. The predicted octanol–water partition coefficient (Wildman–Crippen LogP) is 3.96. The maximum Gasteiger partial charge on any atom is 0.251 e. The SMILES string of the molecule is COc1cc(OCC2CC2)cc(C(=O)NC(C)C2CCN(c3ccnc(Cl)n3)CC2)c1. The number of ether oxygens (including phenoxy) is 2. The maximum absolute atomic E-state index is 12.9. The Morgan fingerprint density at radius 2 is 1.97 bits per heavy atom. The molecule has 1 aromatic heterocycles. The van der Waals surface area contributed by atoms with Gasteiger partial charge in [-0.05, 0) is 74.2 Å². The third-order valence-corrected chi connectivity index (χ3v) is 6.28. The summed E-state index contributed by atoms with van der Waals surface area (Å²) < 4.78 is 11.2. The third-order valence-electron chi connectivity index (χ3n) is 6.10. The Hall–Kier alpha value is -2.54. The van der Waals surface area contributed by atoms with Crippen LogP contribution in [0.25, 0.3) is 0 Å². The van der Waals surface area contributed by atoms with E-state index >= 15 is 0 Å². The van der Waals surface area contributed by atoms with E-state index in [4.69, 9.17) is 21.1 Å². The molecule has 0 spiro atoms. The van der Waals surface area contributed by atoms with Gasteiger partial charge in [0.2, 0.25) is 5.28 Å². The van der Waals surface area contributed by atoms with E-state index in [9.17, 15) is 4.79 Å². The molecule has 0 bridgehead atoms.